The van der Waals surface area contributed by atoms with Crippen LogP contribution in [0.25, 0.3) is 0 Å². The number of ether oxygens (including phenoxy) is 1. The van der Waals surface area contributed by atoms with Crippen molar-refractivity contribution in [2.45, 2.75) is 32.2 Å². The number of benzene rings is 1. The van der Waals surface area contributed by atoms with Gasteiger partial charge in [-0.1, -0.05) is 0 Å². The minimum absolute atomic E-state index is 0.0212. The van der Waals surface area contributed by atoms with Gasteiger partial charge in [-0.25, -0.2) is 0 Å². The Morgan fingerprint density at radius 3 is 2.52 bits per heavy atom. The van der Waals surface area contributed by atoms with E-state index >= 15 is 0 Å². The topological polar surface area (TPSA) is 73.3 Å². The van der Waals surface area contributed by atoms with Gasteiger partial charge in [0.1, 0.15) is 5.75 Å². The van der Waals surface area contributed by atoms with E-state index in [4.69, 9.17) is 4.74 Å². The normalized spacial score (nSPS) is 23.8. The summed E-state index contributed by atoms with van der Waals surface area (Å²) >= 11 is 0. The first-order valence-corrected chi connectivity index (χ1v) is 10.5. The molecule has 29 heavy (non-hydrogen) atoms. The van der Waals surface area contributed by atoms with Crippen molar-refractivity contribution >= 4 is 11.9 Å². The zero-order valence-electron chi connectivity index (χ0n) is 17.8. The molecule has 0 radical (unpaired) electrons. The fraction of sp³-hybridized carbons (Fsp3) is 0.636. The number of carboxylic acid groups (broad SMARTS) is 1. The maximum absolute atomic E-state index is 13.1. The fourth-order valence-electron chi connectivity index (χ4n) is 4.63. The summed E-state index contributed by atoms with van der Waals surface area (Å²) in [5.74, 6) is 0.213. The average Bonchev–Trinajstić information content (AvgIpc) is 2.72. The molecule has 0 aliphatic carbocycles. The lowest BCUT2D eigenvalue weighted by atomic mass is 9.86. The van der Waals surface area contributed by atoms with Crippen molar-refractivity contribution in [1.29, 1.82) is 0 Å². The highest BCUT2D eigenvalue weighted by molar-refractivity contribution is 5.94. The van der Waals surface area contributed by atoms with Crippen LogP contribution in [0.5, 0.6) is 5.75 Å². The predicted molar refractivity (Wildman–Crippen MR) is 111 cm³/mol. The lowest BCUT2D eigenvalue weighted by molar-refractivity contribution is -0.137. The van der Waals surface area contributed by atoms with E-state index in [1.54, 1.807) is 7.11 Å². The van der Waals surface area contributed by atoms with Gasteiger partial charge in [-0.2, -0.15) is 0 Å². The molecule has 2 fully saturated rings. The van der Waals surface area contributed by atoms with Crippen LogP contribution in [0, 0.1) is 12.8 Å². The number of piperazine rings is 1. The highest BCUT2D eigenvalue weighted by Gasteiger charge is 2.36. The lowest BCUT2D eigenvalue weighted by Crippen LogP contribution is -2.57. The summed E-state index contributed by atoms with van der Waals surface area (Å²) in [5, 5.41) is 9.20. The summed E-state index contributed by atoms with van der Waals surface area (Å²) in [6, 6.07) is 5.87. The molecule has 7 heteroatoms. The number of rotatable bonds is 6. The largest absolute Gasteiger partial charge is 0.496 e. The van der Waals surface area contributed by atoms with E-state index in [1.807, 2.05) is 30.0 Å². The number of likely N-dealkylation sites (tertiary alicyclic amines) is 1. The van der Waals surface area contributed by atoms with Crippen LogP contribution in [0.15, 0.2) is 18.2 Å². The van der Waals surface area contributed by atoms with Crippen LogP contribution in [0.1, 0.15) is 35.2 Å². The maximum atomic E-state index is 13.1. The monoisotopic (exact) mass is 403 g/mol. The van der Waals surface area contributed by atoms with Crippen molar-refractivity contribution in [3.63, 3.8) is 0 Å². The highest BCUT2D eigenvalue weighted by Crippen LogP contribution is 2.29. The number of piperidine rings is 1. The van der Waals surface area contributed by atoms with Crippen LogP contribution in [0.4, 0.5) is 0 Å². The SMILES string of the molecule is COc1ccc(C(=O)N2CC[C@@H](N3CCN(C)CC3)[C@@H](CCC(=O)O)C2)cc1C. The second-order valence-corrected chi connectivity index (χ2v) is 8.32. The van der Waals surface area contributed by atoms with Gasteiger partial charge in [0.2, 0.25) is 0 Å². The second-order valence-electron chi connectivity index (χ2n) is 8.32. The molecule has 2 aliphatic rings. The van der Waals surface area contributed by atoms with Crippen molar-refractivity contribution < 1.29 is 19.4 Å². The van der Waals surface area contributed by atoms with E-state index < -0.39 is 5.97 Å². The van der Waals surface area contributed by atoms with Gasteiger partial charge >= 0.3 is 5.97 Å². The van der Waals surface area contributed by atoms with Crippen LogP contribution >= 0.6 is 0 Å². The average molecular weight is 404 g/mol. The van der Waals surface area contributed by atoms with E-state index in [0.29, 0.717) is 31.1 Å². The summed E-state index contributed by atoms with van der Waals surface area (Å²) in [7, 11) is 3.76. The Hall–Kier alpha value is -2.12. The van der Waals surface area contributed by atoms with E-state index in [0.717, 1.165) is 43.9 Å². The van der Waals surface area contributed by atoms with Crippen LogP contribution in [-0.4, -0.2) is 91.2 Å². The Morgan fingerprint density at radius 1 is 1.17 bits per heavy atom. The molecule has 7 nitrogen and oxygen atoms in total. The maximum Gasteiger partial charge on any atom is 0.303 e. The standard InChI is InChI=1S/C22H33N3O4/c1-16-14-17(4-6-20(16)29-3)22(28)25-9-8-19(18(15-25)5-7-21(26)27)24-12-10-23(2)11-13-24/h4,6,14,18-19H,5,7-13,15H2,1-3H3,(H,26,27)/t18-,19+/m0/s1. The number of amides is 1. The van der Waals surface area contributed by atoms with Crippen molar-refractivity contribution in [2.24, 2.45) is 5.92 Å². The minimum Gasteiger partial charge on any atom is -0.496 e. The van der Waals surface area contributed by atoms with Gasteiger partial charge in [0, 0.05) is 57.3 Å². The fourth-order valence-corrected chi connectivity index (χ4v) is 4.63. The molecule has 2 saturated heterocycles. The molecule has 1 N–H and O–H groups in total. The Bertz CT molecular complexity index is 731. The van der Waals surface area contributed by atoms with Gasteiger partial charge in [-0.3, -0.25) is 14.5 Å². The molecule has 0 saturated carbocycles. The van der Waals surface area contributed by atoms with Gasteiger partial charge in [-0.15, -0.1) is 0 Å². The van der Waals surface area contributed by atoms with E-state index in [2.05, 4.69) is 16.8 Å². The Labute approximate surface area is 173 Å². The molecule has 0 spiro atoms. The number of carbonyl (C=O) groups excluding carboxylic acids is 1. The zero-order chi connectivity index (χ0) is 21.0. The molecular formula is C22H33N3O4. The smallest absolute Gasteiger partial charge is 0.303 e. The number of nitrogens with zero attached hydrogens (tertiary/aromatic N) is 3. The molecular weight excluding hydrogens is 370 g/mol. The molecule has 0 unspecified atom stereocenters. The van der Waals surface area contributed by atoms with Gasteiger partial charge in [0.05, 0.1) is 7.11 Å². The number of carbonyl (C=O) groups is 2. The predicted octanol–water partition coefficient (Wildman–Crippen LogP) is 1.95. The third-order valence-corrected chi connectivity index (χ3v) is 6.36. The molecule has 160 valence electrons. The molecule has 0 aromatic heterocycles. The Balaban J connectivity index is 1.71. The van der Waals surface area contributed by atoms with Crippen molar-refractivity contribution in [3.8, 4) is 5.75 Å². The number of methoxy groups -OCH3 is 1. The molecule has 2 atom stereocenters. The number of hydrogen-bond acceptors (Lipinski definition) is 5. The van der Waals surface area contributed by atoms with E-state index in [-0.39, 0.29) is 18.2 Å². The first kappa shape index (κ1) is 21.6. The molecule has 3 rings (SSSR count). The minimum atomic E-state index is -0.767. The number of aryl methyl sites for hydroxylation is 1. The third-order valence-electron chi connectivity index (χ3n) is 6.36. The van der Waals surface area contributed by atoms with Gasteiger partial charge in [0.25, 0.3) is 5.91 Å². The number of likely N-dealkylation sites (N-methyl/N-ethyl adjacent to an activating group) is 1. The van der Waals surface area contributed by atoms with Gasteiger partial charge < -0.3 is 19.6 Å². The summed E-state index contributed by atoms with van der Waals surface area (Å²) < 4.78 is 5.30. The van der Waals surface area contributed by atoms with Crippen molar-refractivity contribution in [2.75, 3.05) is 53.4 Å². The highest BCUT2D eigenvalue weighted by atomic mass is 16.5. The first-order chi connectivity index (χ1) is 13.9. The van der Waals surface area contributed by atoms with Crippen LogP contribution in [0.3, 0.4) is 0 Å². The number of aliphatic carboxylic acids is 1. The quantitative estimate of drug-likeness (QED) is 0.783. The van der Waals surface area contributed by atoms with E-state index in [1.165, 1.54) is 0 Å². The van der Waals surface area contributed by atoms with Gasteiger partial charge in [0.15, 0.2) is 0 Å². The summed E-state index contributed by atoms with van der Waals surface area (Å²) in [6.45, 7) is 7.36. The van der Waals surface area contributed by atoms with E-state index in [9.17, 15) is 14.7 Å². The van der Waals surface area contributed by atoms with Gasteiger partial charge in [-0.05, 0) is 56.5 Å². The van der Waals surface area contributed by atoms with Crippen molar-refractivity contribution in [1.82, 2.24) is 14.7 Å². The summed E-state index contributed by atoms with van der Waals surface area (Å²) in [5.41, 5.74) is 1.60. The third kappa shape index (κ3) is 5.28. The number of carboxylic acids is 1. The Morgan fingerprint density at radius 2 is 1.90 bits per heavy atom. The molecule has 2 aliphatic heterocycles. The first-order valence-electron chi connectivity index (χ1n) is 10.5. The number of hydrogen-bond donors (Lipinski definition) is 1. The molecule has 2 heterocycles. The lowest BCUT2D eigenvalue weighted by Gasteiger charge is -2.46. The molecule has 1 amide bonds. The second kappa shape index (κ2) is 9.59. The molecule has 0 bridgehead atoms. The van der Waals surface area contributed by atoms with Crippen LogP contribution in [0.2, 0.25) is 0 Å². The summed E-state index contributed by atoms with van der Waals surface area (Å²) in [4.78, 5) is 31.0. The Kier molecular flexibility index (Phi) is 7.14. The zero-order valence-corrected chi connectivity index (χ0v) is 17.8. The van der Waals surface area contributed by atoms with Crippen LogP contribution in [-0.2, 0) is 4.79 Å². The molecule has 1 aromatic rings. The molecule has 1 aromatic carbocycles. The van der Waals surface area contributed by atoms with Crippen molar-refractivity contribution in [3.05, 3.63) is 29.3 Å². The summed E-state index contributed by atoms with van der Waals surface area (Å²) in [6.07, 6.45) is 1.66. The van der Waals surface area contributed by atoms with Crippen LogP contribution < -0.4 is 4.74 Å².